The molecule has 21 heavy (non-hydrogen) atoms. The van der Waals surface area contributed by atoms with Gasteiger partial charge in [-0.05, 0) is 19.8 Å². The highest BCUT2D eigenvalue weighted by molar-refractivity contribution is 7.13. The van der Waals surface area contributed by atoms with Gasteiger partial charge < -0.3 is 5.32 Å². The Morgan fingerprint density at radius 2 is 2.10 bits per heavy atom. The lowest BCUT2D eigenvalue weighted by molar-refractivity contribution is -0.127. The Labute approximate surface area is 129 Å². The van der Waals surface area contributed by atoms with Gasteiger partial charge in [-0.1, -0.05) is 36.2 Å². The van der Waals surface area contributed by atoms with E-state index < -0.39 is 0 Å². The third kappa shape index (κ3) is 3.50. The summed E-state index contributed by atoms with van der Waals surface area (Å²) in [5.41, 5.74) is 3.48. The molecule has 0 unspecified atom stereocenters. The van der Waals surface area contributed by atoms with Crippen LogP contribution in [0.15, 0.2) is 29.6 Å². The van der Waals surface area contributed by atoms with Crippen molar-refractivity contribution >= 4 is 17.2 Å². The highest BCUT2D eigenvalue weighted by Gasteiger charge is 2.24. The lowest BCUT2D eigenvalue weighted by atomic mass is 9.85. The summed E-state index contributed by atoms with van der Waals surface area (Å²) in [6, 6.07) is 8.43. The smallest absolute Gasteiger partial charge is 0.223 e. The number of carbonyl (C=O) groups is 1. The van der Waals surface area contributed by atoms with E-state index in [0.29, 0.717) is 6.54 Å². The van der Waals surface area contributed by atoms with E-state index in [0.717, 1.165) is 35.5 Å². The van der Waals surface area contributed by atoms with Gasteiger partial charge in [-0.25, -0.2) is 4.98 Å². The van der Waals surface area contributed by atoms with Crippen LogP contribution in [0.3, 0.4) is 0 Å². The number of rotatable bonds is 5. The first-order valence-corrected chi connectivity index (χ1v) is 8.39. The number of thiazole rings is 1. The summed E-state index contributed by atoms with van der Waals surface area (Å²) < 4.78 is 0. The van der Waals surface area contributed by atoms with Crippen molar-refractivity contribution < 1.29 is 4.79 Å². The van der Waals surface area contributed by atoms with E-state index in [-0.39, 0.29) is 11.8 Å². The van der Waals surface area contributed by atoms with Crippen LogP contribution in [0.1, 0.15) is 30.5 Å². The van der Waals surface area contributed by atoms with Gasteiger partial charge >= 0.3 is 0 Å². The monoisotopic (exact) mass is 300 g/mol. The number of aryl methyl sites for hydroxylation is 1. The second kappa shape index (κ2) is 6.39. The van der Waals surface area contributed by atoms with Crippen LogP contribution in [0.4, 0.5) is 0 Å². The molecule has 2 aromatic rings. The van der Waals surface area contributed by atoms with E-state index in [9.17, 15) is 4.79 Å². The Morgan fingerprint density at radius 1 is 1.33 bits per heavy atom. The average molecular weight is 300 g/mol. The maximum absolute atomic E-state index is 11.7. The van der Waals surface area contributed by atoms with E-state index in [1.807, 2.05) is 0 Å². The minimum Gasteiger partial charge on any atom is -0.355 e. The van der Waals surface area contributed by atoms with Gasteiger partial charge in [0, 0.05) is 29.8 Å². The topological polar surface area (TPSA) is 42.0 Å². The van der Waals surface area contributed by atoms with Crippen molar-refractivity contribution in [2.24, 2.45) is 5.92 Å². The van der Waals surface area contributed by atoms with Gasteiger partial charge in [0.05, 0.1) is 5.69 Å². The molecule has 1 amide bonds. The first kappa shape index (κ1) is 14.3. The van der Waals surface area contributed by atoms with Crippen LogP contribution in [0, 0.1) is 12.8 Å². The lowest BCUT2D eigenvalue weighted by Crippen LogP contribution is -2.35. The molecule has 1 aliphatic carbocycles. The van der Waals surface area contributed by atoms with Crippen molar-refractivity contribution in [1.82, 2.24) is 10.3 Å². The molecule has 110 valence electrons. The summed E-state index contributed by atoms with van der Waals surface area (Å²) in [6.45, 7) is 2.77. The summed E-state index contributed by atoms with van der Waals surface area (Å²) in [4.78, 5) is 16.4. The van der Waals surface area contributed by atoms with Gasteiger partial charge in [0.25, 0.3) is 0 Å². The third-order valence-electron chi connectivity index (χ3n) is 4.01. The molecule has 0 spiro atoms. The van der Waals surface area contributed by atoms with Crippen LogP contribution in [0.5, 0.6) is 0 Å². The fourth-order valence-corrected chi connectivity index (χ4v) is 3.24. The maximum Gasteiger partial charge on any atom is 0.223 e. The maximum atomic E-state index is 11.7. The van der Waals surface area contributed by atoms with Crippen LogP contribution in [0.2, 0.25) is 0 Å². The van der Waals surface area contributed by atoms with Gasteiger partial charge in [-0.2, -0.15) is 0 Å². The highest BCUT2D eigenvalue weighted by atomic mass is 32.1. The van der Waals surface area contributed by atoms with Gasteiger partial charge in [0.2, 0.25) is 5.91 Å². The number of nitrogens with zero attached hydrogens (tertiary/aromatic N) is 1. The molecular weight excluding hydrogens is 280 g/mol. The molecule has 1 aliphatic rings. The summed E-state index contributed by atoms with van der Waals surface area (Å²) >= 11 is 1.67. The number of hydrogen-bond acceptors (Lipinski definition) is 3. The van der Waals surface area contributed by atoms with E-state index in [2.05, 4.69) is 46.9 Å². The van der Waals surface area contributed by atoms with Crippen LogP contribution in [0.25, 0.3) is 10.6 Å². The molecule has 0 bridgehead atoms. The van der Waals surface area contributed by atoms with Crippen molar-refractivity contribution in [2.75, 3.05) is 6.54 Å². The number of hydrogen-bond donors (Lipinski definition) is 1. The fraction of sp³-hybridized carbons (Fsp3) is 0.412. The summed E-state index contributed by atoms with van der Waals surface area (Å²) in [6.07, 6.45) is 4.12. The predicted molar refractivity (Wildman–Crippen MR) is 86.3 cm³/mol. The molecule has 1 fully saturated rings. The van der Waals surface area contributed by atoms with E-state index in [4.69, 9.17) is 0 Å². The Hall–Kier alpha value is -1.68. The quantitative estimate of drug-likeness (QED) is 0.917. The van der Waals surface area contributed by atoms with Crippen LogP contribution >= 0.6 is 11.3 Å². The van der Waals surface area contributed by atoms with E-state index >= 15 is 0 Å². The first-order chi connectivity index (χ1) is 10.2. The summed E-state index contributed by atoms with van der Waals surface area (Å²) in [5.74, 6) is 0.485. The minimum atomic E-state index is 0.218. The van der Waals surface area contributed by atoms with Gasteiger partial charge in [-0.3, -0.25) is 4.79 Å². The molecule has 1 heterocycles. The number of carbonyl (C=O) groups excluding carboxylic acids is 1. The van der Waals surface area contributed by atoms with Crippen LogP contribution < -0.4 is 5.32 Å². The van der Waals surface area contributed by atoms with E-state index in [1.54, 1.807) is 11.3 Å². The van der Waals surface area contributed by atoms with Crippen molar-refractivity contribution in [2.45, 2.75) is 32.6 Å². The largest absolute Gasteiger partial charge is 0.355 e. The van der Waals surface area contributed by atoms with Crippen LogP contribution in [-0.2, 0) is 11.2 Å². The molecule has 0 atom stereocenters. The first-order valence-electron chi connectivity index (χ1n) is 7.51. The van der Waals surface area contributed by atoms with Crippen molar-refractivity contribution in [3.63, 3.8) is 0 Å². The van der Waals surface area contributed by atoms with Gasteiger partial charge in [0.15, 0.2) is 0 Å². The molecule has 0 saturated heterocycles. The SMILES string of the molecule is Cc1ccc(-c2nc(CCNC(=O)C3CCC3)cs2)cc1. The summed E-state index contributed by atoms with van der Waals surface area (Å²) in [7, 11) is 0. The lowest BCUT2D eigenvalue weighted by Gasteiger charge is -2.23. The normalized spacial score (nSPS) is 14.7. The van der Waals surface area contributed by atoms with Crippen molar-refractivity contribution in [1.29, 1.82) is 0 Å². The molecule has 1 aromatic carbocycles. The Morgan fingerprint density at radius 3 is 2.76 bits per heavy atom. The molecule has 3 nitrogen and oxygen atoms in total. The number of amides is 1. The molecule has 0 aliphatic heterocycles. The molecule has 1 aromatic heterocycles. The Bertz CT molecular complexity index is 614. The minimum absolute atomic E-state index is 0.218. The Kier molecular flexibility index (Phi) is 4.34. The number of aromatic nitrogens is 1. The molecule has 1 saturated carbocycles. The second-order valence-corrected chi connectivity index (χ2v) is 6.54. The zero-order chi connectivity index (χ0) is 14.7. The second-order valence-electron chi connectivity index (χ2n) is 5.68. The highest BCUT2D eigenvalue weighted by Crippen LogP contribution is 2.26. The standard InChI is InChI=1S/C17H20N2OS/c1-12-5-7-14(8-6-12)17-19-15(11-21-17)9-10-18-16(20)13-3-2-4-13/h5-8,11,13H,2-4,9-10H2,1H3,(H,18,20). The zero-order valence-corrected chi connectivity index (χ0v) is 13.1. The van der Waals surface area contributed by atoms with Crippen molar-refractivity contribution in [3.8, 4) is 10.6 Å². The zero-order valence-electron chi connectivity index (χ0n) is 12.3. The van der Waals surface area contributed by atoms with Crippen LogP contribution in [-0.4, -0.2) is 17.4 Å². The van der Waals surface area contributed by atoms with Crippen molar-refractivity contribution in [3.05, 3.63) is 40.9 Å². The number of nitrogens with one attached hydrogen (secondary N) is 1. The molecule has 4 heteroatoms. The third-order valence-corrected chi connectivity index (χ3v) is 4.95. The van der Waals surface area contributed by atoms with E-state index in [1.165, 1.54) is 12.0 Å². The van der Waals surface area contributed by atoms with Gasteiger partial charge in [0.1, 0.15) is 5.01 Å². The molecule has 0 radical (unpaired) electrons. The Balaban J connectivity index is 1.52. The molecular formula is C17H20N2OS. The number of benzene rings is 1. The fourth-order valence-electron chi connectivity index (χ4n) is 2.38. The molecule has 1 N–H and O–H groups in total. The average Bonchev–Trinajstić information content (AvgIpc) is 2.86. The molecule has 3 rings (SSSR count). The predicted octanol–water partition coefficient (Wildman–Crippen LogP) is 3.58. The summed E-state index contributed by atoms with van der Waals surface area (Å²) in [5, 5.41) is 6.15. The van der Waals surface area contributed by atoms with Gasteiger partial charge in [-0.15, -0.1) is 11.3 Å².